The van der Waals surface area contributed by atoms with Crippen LogP contribution in [0.4, 0.5) is 14.6 Å². The highest BCUT2D eigenvalue weighted by Crippen LogP contribution is 2.34. The Morgan fingerprint density at radius 1 is 1.18 bits per heavy atom. The van der Waals surface area contributed by atoms with Crippen LogP contribution in [0.3, 0.4) is 0 Å². The maximum atomic E-state index is 14.0. The number of halogens is 2. The normalized spacial score (nSPS) is 16.0. The first-order valence-electron chi connectivity index (χ1n) is 11.0. The van der Waals surface area contributed by atoms with E-state index in [4.69, 9.17) is 4.98 Å². The van der Waals surface area contributed by atoms with E-state index in [9.17, 15) is 13.6 Å². The molecule has 4 rings (SSSR count). The Morgan fingerprint density at radius 3 is 2.55 bits per heavy atom. The Balaban J connectivity index is 1.72. The van der Waals surface area contributed by atoms with E-state index >= 15 is 0 Å². The number of rotatable bonds is 6. The zero-order chi connectivity index (χ0) is 23.8. The van der Waals surface area contributed by atoms with Crippen molar-refractivity contribution >= 4 is 33.9 Å². The predicted octanol–water partition coefficient (Wildman–Crippen LogP) is 4.23. The van der Waals surface area contributed by atoms with Crippen molar-refractivity contribution in [1.82, 2.24) is 25.0 Å². The van der Waals surface area contributed by atoms with Crippen LogP contribution in [0.5, 0.6) is 0 Å². The van der Waals surface area contributed by atoms with Gasteiger partial charge in [0.25, 0.3) is 5.92 Å². The second-order valence-corrected chi connectivity index (χ2v) is 10.7. The van der Waals surface area contributed by atoms with Gasteiger partial charge in [0.05, 0.1) is 13.1 Å². The number of aryl methyl sites for hydroxylation is 1. The average molecular weight is 475 g/mol. The molecule has 3 aromatic rings. The summed E-state index contributed by atoms with van der Waals surface area (Å²) in [5, 5.41) is 8.72. The maximum absolute atomic E-state index is 14.0. The van der Waals surface area contributed by atoms with Crippen LogP contribution < -0.4 is 4.90 Å². The van der Waals surface area contributed by atoms with Crippen molar-refractivity contribution < 1.29 is 13.6 Å². The number of anilines is 1. The molecule has 0 saturated carbocycles. The summed E-state index contributed by atoms with van der Waals surface area (Å²) in [4.78, 5) is 22.3. The van der Waals surface area contributed by atoms with Crippen LogP contribution >= 0.6 is 11.8 Å². The van der Waals surface area contributed by atoms with E-state index in [2.05, 4.69) is 15.3 Å². The average Bonchev–Trinajstić information content (AvgIpc) is 3.30. The molecule has 33 heavy (non-hydrogen) atoms. The van der Waals surface area contributed by atoms with Crippen molar-refractivity contribution in [3.63, 3.8) is 0 Å². The Kier molecular flexibility index (Phi) is 6.39. The zero-order valence-corrected chi connectivity index (χ0v) is 20.1. The number of alkyl halides is 2. The van der Waals surface area contributed by atoms with E-state index in [1.54, 1.807) is 16.5 Å². The first-order chi connectivity index (χ1) is 15.5. The van der Waals surface area contributed by atoms with Gasteiger partial charge in [0.2, 0.25) is 0 Å². The maximum Gasteiger partial charge on any atom is 0.266 e. The molecular formula is C23H28F2N6OS. The molecule has 3 heterocycles. The quantitative estimate of drug-likeness (QED) is 0.529. The fraction of sp³-hybridized carbons (Fsp3) is 0.522. The van der Waals surface area contributed by atoms with Gasteiger partial charge in [-0.15, -0.1) is 5.10 Å². The molecule has 0 N–H and O–H groups in total. The van der Waals surface area contributed by atoms with E-state index in [0.717, 1.165) is 17.5 Å². The van der Waals surface area contributed by atoms with Gasteiger partial charge in [-0.1, -0.05) is 62.0 Å². The fourth-order valence-corrected chi connectivity index (χ4v) is 4.45. The van der Waals surface area contributed by atoms with Crippen LogP contribution in [0.2, 0.25) is 0 Å². The van der Waals surface area contributed by atoms with Gasteiger partial charge in [-0.25, -0.2) is 23.4 Å². The van der Waals surface area contributed by atoms with Crippen molar-refractivity contribution in [2.75, 3.05) is 23.7 Å². The van der Waals surface area contributed by atoms with Crippen LogP contribution in [-0.4, -0.2) is 54.8 Å². The molecule has 0 atom stereocenters. The number of benzene rings is 1. The smallest absolute Gasteiger partial charge is 0.266 e. The molecule has 1 aliphatic heterocycles. The third kappa shape index (κ3) is 5.31. The van der Waals surface area contributed by atoms with Gasteiger partial charge in [0.15, 0.2) is 22.1 Å². The summed E-state index contributed by atoms with van der Waals surface area (Å²) in [6.45, 7) is 7.82. The van der Waals surface area contributed by atoms with Crippen LogP contribution in [0.1, 0.15) is 51.1 Å². The largest absolute Gasteiger partial charge is 0.348 e. The van der Waals surface area contributed by atoms with E-state index in [1.807, 2.05) is 45.0 Å². The minimum Gasteiger partial charge on any atom is -0.348 e. The molecule has 0 radical (unpaired) electrons. The Morgan fingerprint density at radius 2 is 1.91 bits per heavy atom. The molecular weight excluding hydrogens is 446 g/mol. The highest BCUT2D eigenvalue weighted by atomic mass is 32.2. The summed E-state index contributed by atoms with van der Waals surface area (Å²) >= 11 is 1.30. The van der Waals surface area contributed by atoms with Crippen molar-refractivity contribution in [3.05, 3.63) is 41.2 Å². The van der Waals surface area contributed by atoms with Crippen LogP contribution in [0.15, 0.2) is 24.3 Å². The van der Waals surface area contributed by atoms with E-state index in [-0.39, 0.29) is 30.0 Å². The lowest BCUT2D eigenvalue weighted by atomic mass is 9.96. The fourth-order valence-electron chi connectivity index (χ4n) is 3.84. The molecule has 176 valence electrons. The lowest BCUT2D eigenvalue weighted by Gasteiger charge is -2.22. The van der Waals surface area contributed by atoms with Crippen molar-refractivity contribution in [2.24, 2.45) is 0 Å². The zero-order valence-electron chi connectivity index (χ0n) is 19.3. The molecule has 0 amide bonds. The van der Waals surface area contributed by atoms with Crippen LogP contribution in [0, 0.1) is 0 Å². The summed E-state index contributed by atoms with van der Waals surface area (Å²) in [5.41, 5.74) is 2.78. The number of hydrogen-bond acceptors (Lipinski definition) is 7. The summed E-state index contributed by atoms with van der Waals surface area (Å²) in [6.07, 6.45) is 0.548. The highest BCUT2D eigenvalue weighted by Gasteiger charge is 2.40. The number of thioether (sulfide) groups is 1. The summed E-state index contributed by atoms with van der Waals surface area (Å²) < 4.78 is 29.6. The Labute approximate surface area is 196 Å². The van der Waals surface area contributed by atoms with Gasteiger partial charge < -0.3 is 4.90 Å². The van der Waals surface area contributed by atoms with Crippen molar-refractivity contribution in [1.29, 1.82) is 0 Å². The number of aromatic nitrogens is 5. The van der Waals surface area contributed by atoms with Crippen LogP contribution in [0.25, 0.3) is 11.2 Å². The first-order valence-corrected chi connectivity index (χ1v) is 12.0. The first kappa shape index (κ1) is 23.5. The van der Waals surface area contributed by atoms with E-state index in [1.165, 1.54) is 11.8 Å². The monoisotopic (exact) mass is 474 g/mol. The van der Waals surface area contributed by atoms with Crippen molar-refractivity contribution in [2.45, 2.75) is 58.4 Å². The Bertz CT molecular complexity index is 1170. The van der Waals surface area contributed by atoms with E-state index < -0.39 is 5.92 Å². The third-order valence-electron chi connectivity index (χ3n) is 5.60. The molecule has 1 saturated heterocycles. The van der Waals surface area contributed by atoms with Gasteiger partial charge in [-0.2, -0.15) is 0 Å². The number of carbonyl (C=O) groups excluding carboxylic acids is 1. The molecule has 1 fully saturated rings. The lowest BCUT2D eigenvalue weighted by molar-refractivity contribution is -0.109. The lowest BCUT2D eigenvalue weighted by Crippen LogP contribution is -2.27. The summed E-state index contributed by atoms with van der Waals surface area (Å²) in [5.74, 6) is -1.06. The number of hydrogen-bond donors (Lipinski definition) is 0. The topological polar surface area (TPSA) is 76.8 Å². The molecule has 1 aromatic carbocycles. The van der Waals surface area contributed by atoms with Crippen LogP contribution in [-0.2, 0) is 23.2 Å². The third-order valence-corrected chi connectivity index (χ3v) is 6.41. The highest BCUT2D eigenvalue weighted by molar-refractivity contribution is 8.13. The van der Waals surface area contributed by atoms with Gasteiger partial charge >= 0.3 is 0 Å². The van der Waals surface area contributed by atoms with Gasteiger partial charge in [-0.3, -0.25) is 4.79 Å². The molecule has 1 aliphatic rings. The van der Waals surface area contributed by atoms with Gasteiger partial charge in [0.1, 0.15) is 5.82 Å². The second kappa shape index (κ2) is 8.96. The molecule has 0 bridgehead atoms. The molecule has 10 heteroatoms. The Hall–Kier alpha value is -2.62. The number of nitrogens with zero attached hydrogens (tertiary/aromatic N) is 6. The molecule has 7 nitrogen and oxygen atoms in total. The summed E-state index contributed by atoms with van der Waals surface area (Å²) in [7, 11) is 0. The number of fused-ring (bicyclic) bond motifs is 1. The van der Waals surface area contributed by atoms with Gasteiger partial charge in [0, 0.05) is 31.1 Å². The summed E-state index contributed by atoms with van der Waals surface area (Å²) in [6, 6.07) is 8.00. The molecule has 0 aliphatic carbocycles. The number of carbonyl (C=O) groups is 1. The minimum atomic E-state index is -2.74. The SMILES string of the molecule is CC(=O)SCCc1ccccc1Cn1nnc2c(N3CCC(F)(F)C3)nc(C(C)(C)C)nc21. The molecule has 2 aromatic heterocycles. The second-order valence-electron chi connectivity index (χ2n) is 9.43. The standard InChI is InChI=1S/C23H28F2N6OS/c1-15(32)33-12-9-16-7-5-6-8-17(16)13-31-20-18(28-29-31)19(26-21(27-20)22(2,3)4)30-11-10-23(24,25)14-30/h5-8H,9-14H2,1-4H3. The minimum absolute atomic E-state index is 0.0983. The van der Waals surface area contributed by atoms with Crippen molar-refractivity contribution in [3.8, 4) is 0 Å². The molecule has 0 unspecified atom stereocenters. The molecule has 0 spiro atoms. The predicted molar refractivity (Wildman–Crippen MR) is 126 cm³/mol. The van der Waals surface area contributed by atoms with E-state index in [0.29, 0.717) is 35.1 Å². The van der Waals surface area contributed by atoms with Gasteiger partial charge in [-0.05, 0) is 17.5 Å².